The quantitative estimate of drug-likeness (QED) is 0.869. The highest BCUT2D eigenvalue weighted by Gasteiger charge is 2.32. The Morgan fingerprint density at radius 2 is 2.12 bits per heavy atom. The Morgan fingerprint density at radius 3 is 2.88 bits per heavy atom. The summed E-state index contributed by atoms with van der Waals surface area (Å²) in [5.41, 5.74) is 0.968. The number of carbonyl (C=O) groups excluding carboxylic acids is 2. The third-order valence-corrected chi connectivity index (χ3v) is 4.56. The van der Waals surface area contributed by atoms with Gasteiger partial charge in [0.2, 0.25) is 11.8 Å². The molecule has 136 valence electrons. The highest BCUT2D eigenvalue weighted by Crippen LogP contribution is 2.33. The lowest BCUT2D eigenvalue weighted by molar-refractivity contribution is -0.134. The van der Waals surface area contributed by atoms with E-state index in [1.165, 1.54) is 17.0 Å². The first-order valence-corrected chi connectivity index (χ1v) is 8.55. The van der Waals surface area contributed by atoms with Crippen molar-refractivity contribution in [3.63, 3.8) is 0 Å². The van der Waals surface area contributed by atoms with E-state index in [4.69, 9.17) is 16.3 Å². The van der Waals surface area contributed by atoms with Crippen LogP contribution >= 0.6 is 11.6 Å². The van der Waals surface area contributed by atoms with Crippen LogP contribution in [0.15, 0.2) is 42.5 Å². The molecule has 0 aromatic heterocycles. The zero-order chi connectivity index (χ0) is 18.7. The minimum Gasteiger partial charge on any atom is -0.490 e. The van der Waals surface area contributed by atoms with Crippen molar-refractivity contribution in [3.8, 4) is 5.75 Å². The first-order chi connectivity index (χ1) is 12.5. The average Bonchev–Trinajstić information content (AvgIpc) is 2.61. The molecule has 0 radical (unpaired) electrons. The summed E-state index contributed by atoms with van der Waals surface area (Å²) in [5, 5.41) is 3.11. The van der Waals surface area contributed by atoms with Crippen molar-refractivity contribution in [2.45, 2.75) is 12.3 Å². The number of halogens is 2. The van der Waals surface area contributed by atoms with Gasteiger partial charge in [0.05, 0.1) is 17.5 Å². The molecule has 1 atom stereocenters. The van der Waals surface area contributed by atoms with Gasteiger partial charge in [-0.2, -0.15) is 0 Å². The Hall–Kier alpha value is -2.60. The number of para-hydroxylation sites is 1. The molecule has 0 bridgehead atoms. The van der Waals surface area contributed by atoms with Crippen molar-refractivity contribution in [2.24, 2.45) is 0 Å². The number of rotatable bonds is 5. The van der Waals surface area contributed by atoms with E-state index in [-0.39, 0.29) is 24.8 Å². The van der Waals surface area contributed by atoms with Crippen molar-refractivity contribution < 1.29 is 18.7 Å². The average molecular weight is 377 g/mol. The monoisotopic (exact) mass is 376 g/mol. The van der Waals surface area contributed by atoms with Gasteiger partial charge in [0.15, 0.2) is 0 Å². The van der Waals surface area contributed by atoms with E-state index in [0.29, 0.717) is 28.6 Å². The van der Waals surface area contributed by atoms with Gasteiger partial charge in [-0.25, -0.2) is 4.39 Å². The fraction of sp³-hybridized carbons (Fsp3) is 0.263. The topological polar surface area (TPSA) is 58.6 Å². The predicted octanol–water partition coefficient (Wildman–Crippen LogP) is 3.44. The van der Waals surface area contributed by atoms with Gasteiger partial charge in [0, 0.05) is 19.2 Å². The van der Waals surface area contributed by atoms with E-state index in [2.05, 4.69) is 5.32 Å². The molecule has 2 aromatic carbocycles. The van der Waals surface area contributed by atoms with Crippen LogP contribution in [0.2, 0.25) is 5.02 Å². The largest absolute Gasteiger partial charge is 0.490 e. The number of nitrogens with zero attached hydrogens (tertiary/aromatic N) is 1. The highest BCUT2D eigenvalue weighted by molar-refractivity contribution is 6.32. The molecule has 0 saturated heterocycles. The lowest BCUT2D eigenvalue weighted by atomic mass is 9.89. The maximum Gasteiger partial charge on any atom is 0.230 e. The molecule has 0 spiro atoms. The minimum absolute atomic E-state index is 0.0349. The fourth-order valence-electron chi connectivity index (χ4n) is 2.89. The van der Waals surface area contributed by atoms with Gasteiger partial charge < -0.3 is 15.0 Å². The zero-order valence-corrected chi connectivity index (χ0v) is 14.9. The van der Waals surface area contributed by atoms with E-state index >= 15 is 0 Å². The van der Waals surface area contributed by atoms with E-state index in [1.54, 1.807) is 31.3 Å². The van der Waals surface area contributed by atoms with Crippen LogP contribution in [0, 0.1) is 5.82 Å². The molecule has 0 saturated carbocycles. The lowest BCUT2D eigenvalue weighted by Gasteiger charge is -2.28. The second-order valence-electron chi connectivity index (χ2n) is 6.08. The summed E-state index contributed by atoms with van der Waals surface area (Å²) >= 11 is 6.03. The number of fused-ring (bicyclic) bond motifs is 1. The molecular weight excluding hydrogens is 359 g/mol. The number of carbonyl (C=O) groups is 2. The van der Waals surface area contributed by atoms with E-state index < -0.39 is 11.7 Å². The number of ether oxygens (including phenoxy) is 1. The first kappa shape index (κ1) is 18.2. The Kier molecular flexibility index (Phi) is 5.42. The molecule has 1 aliphatic heterocycles. The van der Waals surface area contributed by atoms with E-state index in [1.807, 2.05) is 6.07 Å². The second-order valence-corrected chi connectivity index (χ2v) is 6.48. The van der Waals surface area contributed by atoms with Gasteiger partial charge in [0.1, 0.15) is 18.2 Å². The number of hydrogen-bond donors (Lipinski definition) is 1. The molecule has 7 heteroatoms. The van der Waals surface area contributed by atoms with Crippen LogP contribution in [-0.2, 0) is 9.59 Å². The third-order valence-electron chi connectivity index (χ3n) is 4.25. The molecule has 2 amide bonds. The maximum absolute atomic E-state index is 13.4. The summed E-state index contributed by atoms with van der Waals surface area (Å²) in [4.78, 5) is 26.1. The van der Waals surface area contributed by atoms with Crippen LogP contribution in [0.4, 0.5) is 10.1 Å². The molecule has 0 aliphatic carbocycles. The van der Waals surface area contributed by atoms with Crippen molar-refractivity contribution in [1.82, 2.24) is 4.90 Å². The summed E-state index contributed by atoms with van der Waals surface area (Å²) < 4.78 is 19.0. The number of benzene rings is 2. The van der Waals surface area contributed by atoms with Gasteiger partial charge in [0.25, 0.3) is 0 Å². The van der Waals surface area contributed by atoms with Crippen LogP contribution in [0.5, 0.6) is 5.75 Å². The molecule has 1 heterocycles. The number of likely N-dealkylation sites (N-methyl/N-ethyl adjacent to an activating group) is 1. The van der Waals surface area contributed by atoms with Crippen molar-refractivity contribution in [2.75, 3.05) is 25.5 Å². The van der Waals surface area contributed by atoms with Crippen LogP contribution in [0.25, 0.3) is 0 Å². The first-order valence-electron chi connectivity index (χ1n) is 8.17. The van der Waals surface area contributed by atoms with Crippen molar-refractivity contribution >= 4 is 29.1 Å². The summed E-state index contributed by atoms with van der Waals surface area (Å²) in [5.74, 6) is -1.06. The Labute approximate surface area is 155 Å². The van der Waals surface area contributed by atoms with Crippen molar-refractivity contribution in [3.05, 3.63) is 58.9 Å². The van der Waals surface area contributed by atoms with Gasteiger partial charge >= 0.3 is 0 Å². The van der Waals surface area contributed by atoms with Gasteiger partial charge in [-0.3, -0.25) is 9.59 Å². The lowest BCUT2D eigenvalue weighted by Crippen LogP contribution is -2.38. The molecular formula is C19H18ClFN2O3. The van der Waals surface area contributed by atoms with E-state index in [0.717, 1.165) is 0 Å². The molecule has 1 unspecified atom stereocenters. The molecule has 3 rings (SSSR count). The standard InChI is InChI=1S/C19H18ClFN2O3/c1-23(8-9-26-17-5-3-2-4-15(17)20)19(25)14-11-18(24)22-16-10-12(21)6-7-13(14)16/h2-7,10,14H,8-9,11H2,1H3,(H,22,24). The number of amides is 2. The summed E-state index contributed by atoms with van der Waals surface area (Å²) in [7, 11) is 1.65. The Bertz CT molecular complexity index is 843. The summed E-state index contributed by atoms with van der Waals surface area (Å²) in [6.45, 7) is 0.597. The molecule has 5 nitrogen and oxygen atoms in total. The SMILES string of the molecule is CN(CCOc1ccccc1Cl)C(=O)C1CC(=O)Nc2cc(F)ccc21. The summed E-state index contributed by atoms with van der Waals surface area (Å²) in [6.07, 6.45) is 0.0349. The van der Waals surface area contributed by atoms with Gasteiger partial charge in [-0.15, -0.1) is 0 Å². The number of anilines is 1. The van der Waals surface area contributed by atoms with Gasteiger partial charge in [-0.05, 0) is 29.8 Å². The number of hydrogen-bond acceptors (Lipinski definition) is 3. The smallest absolute Gasteiger partial charge is 0.230 e. The Balaban J connectivity index is 1.65. The highest BCUT2D eigenvalue weighted by atomic mass is 35.5. The second kappa shape index (κ2) is 7.74. The molecule has 1 N–H and O–H groups in total. The van der Waals surface area contributed by atoms with Crippen LogP contribution in [0.3, 0.4) is 0 Å². The normalized spacial score (nSPS) is 15.8. The maximum atomic E-state index is 13.4. The molecule has 26 heavy (non-hydrogen) atoms. The number of nitrogens with one attached hydrogen (secondary N) is 1. The van der Waals surface area contributed by atoms with E-state index in [9.17, 15) is 14.0 Å². The van der Waals surface area contributed by atoms with Gasteiger partial charge in [-0.1, -0.05) is 29.8 Å². The zero-order valence-electron chi connectivity index (χ0n) is 14.2. The van der Waals surface area contributed by atoms with Crippen molar-refractivity contribution in [1.29, 1.82) is 0 Å². The third kappa shape index (κ3) is 3.96. The van der Waals surface area contributed by atoms with Crippen LogP contribution in [0.1, 0.15) is 17.9 Å². The predicted molar refractivity (Wildman–Crippen MR) is 97.0 cm³/mol. The summed E-state index contributed by atoms with van der Waals surface area (Å²) in [6, 6.07) is 11.2. The van der Waals surface area contributed by atoms with Crippen LogP contribution < -0.4 is 10.1 Å². The fourth-order valence-corrected chi connectivity index (χ4v) is 3.08. The minimum atomic E-state index is -0.635. The molecule has 1 aliphatic rings. The molecule has 0 fully saturated rings. The van der Waals surface area contributed by atoms with Crippen LogP contribution in [-0.4, -0.2) is 36.9 Å². The Morgan fingerprint density at radius 1 is 1.35 bits per heavy atom. The molecule has 2 aromatic rings.